The monoisotopic (exact) mass is 259 g/mol. The Labute approximate surface area is 113 Å². The Balaban J connectivity index is 2.53. The minimum Gasteiger partial charge on any atom is -0.389 e. The molecule has 100 valence electrons. The summed E-state index contributed by atoms with van der Waals surface area (Å²) in [6.45, 7) is 4.29. The summed E-state index contributed by atoms with van der Waals surface area (Å²) in [7, 11) is 0. The molecule has 2 aromatic rings. The van der Waals surface area contributed by atoms with Gasteiger partial charge < -0.3 is 10.0 Å². The average molecular weight is 259 g/mol. The Morgan fingerprint density at radius 2 is 1.79 bits per heavy atom. The summed E-state index contributed by atoms with van der Waals surface area (Å²) in [6, 6.07) is 14.7. The molecule has 0 aliphatic heterocycles. The van der Waals surface area contributed by atoms with Crippen LogP contribution in [0.5, 0.6) is 0 Å². The first-order chi connectivity index (χ1) is 9.15. The van der Waals surface area contributed by atoms with Crippen molar-refractivity contribution < 1.29 is 9.50 Å². The van der Waals surface area contributed by atoms with Gasteiger partial charge in [-0.05, 0) is 38.1 Å². The molecule has 0 spiro atoms. The van der Waals surface area contributed by atoms with Gasteiger partial charge in [0.1, 0.15) is 5.82 Å². The van der Waals surface area contributed by atoms with Crippen LogP contribution in [0.15, 0.2) is 48.5 Å². The standard InChI is InChI=1S/C16H18FNO/c1-3-18(13-8-5-4-6-9-13)15-11-7-10-14(17)16(15)12(2)19/h4-12,19H,3H2,1-2H3/t12-/m1/s1. The van der Waals surface area contributed by atoms with Gasteiger partial charge in [0.15, 0.2) is 0 Å². The topological polar surface area (TPSA) is 23.5 Å². The van der Waals surface area contributed by atoms with E-state index in [1.807, 2.05) is 48.2 Å². The predicted octanol–water partition coefficient (Wildman–Crippen LogP) is 4.04. The molecule has 0 fully saturated rings. The second-order valence-electron chi connectivity index (χ2n) is 4.43. The van der Waals surface area contributed by atoms with E-state index in [4.69, 9.17) is 0 Å². The van der Waals surface area contributed by atoms with Gasteiger partial charge in [-0.25, -0.2) is 4.39 Å². The van der Waals surface area contributed by atoms with E-state index in [0.717, 1.165) is 5.69 Å². The smallest absolute Gasteiger partial charge is 0.131 e. The number of aliphatic hydroxyl groups is 1. The second kappa shape index (κ2) is 5.85. The first kappa shape index (κ1) is 13.6. The van der Waals surface area contributed by atoms with Crippen molar-refractivity contribution in [3.63, 3.8) is 0 Å². The first-order valence-electron chi connectivity index (χ1n) is 6.44. The summed E-state index contributed by atoms with van der Waals surface area (Å²) >= 11 is 0. The molecule has 2 rings (SSSR count). The molecule has 0 aromatic heterocycles. The van der Waals surface area contributed by atoms with Gasteiger partial charge in [0.2, 0.25) is 0 Å². The fourth-order valence-corrected chi connectivity index (χ4v) is 2.27. The largest absolute Gasteiger partial charge is 0.389 e. The maximum absolute atomic E-state index is 13.9. The molecule has 2 nitrogen and oxygen atoms in total. The van der Waals surface area contributed by atoms with Gasteiger partial charge in [-0.3, -0.25) is 0 Å². The van der Waals surface area contributed by atoms with Crippen molar-refractivity contribution in [3.8, 4) is 0 Å². The summed E-state index contributed by atoms with van der Waals surface area (Å²) in [5.74, 6) is -0.373. The van der Waals surface area contributed by atoms with E-state index >= 15 is 0 Å². The SMILES string of the molecule is CCN(c1ccccc1)c1cccc(F)c1[C@@H](C)O. The molecule has 0 bridgehead atoms. The number of benzene rings is 2. The highest BCUT2D eigenvalue weighted by Gasteiger charge is 2.18. The maximum Gasteiger partial charge on any atom is 0.131 e. The van der Waals surface area contributed by atoms with Crippen molar-refractivity contribution >= 4 is 11.4 Å². The van der Waals surface area contributed by atoms with Crippen LogP contribution in [0.2, 0.25) is 0 Å². The third-order valence-electron chi connectivity index (χ3n) is 3.12. The first-order valence-corrected chi connectivity index (χ1v) is 6.44. The Kier molecular flexibility index (Phi) is 4.17. The van der Waals surface area contributed by atoms with Crippen LogP contribution in [-0.2, 0) is 0 Å². The van der Waals surface area contributed by atoms with Crippen LogP contribution in [-0.4, -0.2) is 11.7 Å². The molecule has 0 aliphatic rings. The third-order valence-corrected chi connectivity index (χ3v) is 3.12. The highest BCUT2D eigenvalue weighted by Crippen LogP contribution is 2.33. The van der Waals surface area contributed by atoms with E-state index in [0.29, 0.717) is 17.8 Å². The highest BCUT2D eigenvalue weighted by molar-refractivity contribution is 5.67. The lowest BCUT2D eigenvalue weighted by molar-refractivity contribution is 0.194. The lowest BCUT2D eigenvalue weighted by Crippen LogP contribution is -2.19. The van der Waals surface area contributed by atoms with Gasteiger partial charge in [-0.1, -0.05) is 24.3 Å². The lowest BCUT2D eigenvalue weighted by Gasteiger charge is -2.27. The normalized spacial score (nSPS) is 12.2. The van der Waals surface area contributed by atoms with E-state index in [9.17, 15) is 9.50 Å². The number of halogens is 1. The molecular weight excluding hydrogens is 241 g/mol. The Hall–Kier alpha value is -1.87. The molecular formula is C16H18FNO. The summed E-state index contributed by atoms with van der Waals surface area (Å²) in [6.07, 6.45) is -0.839. The number of hydrogen-bond acceptors (Lipinski definition) is 2. The zero-order chi connectivity index (χ0) is 13.8. The Morgan fingerprint density at radius 3 is 2.37 bits per heavy atom. The molecule has 0 saturated heterocycles. The molecule has 2 aromatic carbocycles. The van der Waals surface area contributed by atoms with Gasteiger partial charge in [0.25, 0.3) is 0 Å². The third kappa shape index (κ3) is 2.76. The summed E-state index contributed by atoms with van der Waals surface area (Å²) in [5.41, 5.74) is 2.04. The summed E-state index contributed by atoms with van der Waals surface area (Å²) in [4.78, 5) is 1.99. The molecule has 0 amide bonds. The molecule has 3 heteroatoms. The highest BCUT2D eigenvalue weighted by atomic mass is 19.1. The lowest BCUT2D eigenvalue weighted by atomic mass is 10.1. The fraction of sp³-hybridized carbons (Fsp3) is 0.250. The van der Waals surface area contributed by atoms with Crippen LogP contribution in [0, 0.1) is 5.82 Å². The van der Waals surface area contributed by atoms with E-state index in [1.54, 1.807) is 13.0 Å². The van der Waals surface area contributed by atoms with Crippen molar-refractivity contribution in [1.29, 1.82) is 0 Å². The maximum atomic E-state index is 13.9. The average Bonchev–Trinajstić information content (AvgIpc) is 2.40. The van der Waals surface area contributed by atoms with E-state index < -0.39 is 6.10 Å². The van der Waals surface area contributed by atoms with Gasteiger partial charge >= 0.3 is 0 Å². The van der Waals surface area contributed by atoms with Crippen molar-refractivity contribution in [2.45, 2.75) is 20.0 Å². The molecule has 1 atom stereocenters. The quantitative estimate of drug-likeness (QED) is 0.895. The van der Waals surface area contributed by atoms with Crippen molar-refractivity contribution in [3.05, 3.63) is 59.9 Å². The molecule has 0 radical (unpaired) electrons. The Morgan fingerprint density at radius 1 is 1.11 bits per heavy atom. The van der Waals surface area contributed by atoms with Crippen LogP contribution in [0.4, 0.5) is 15.8 Å². The van der Waals surface area contributed by atoms with Crippen molar-refractivity contribution in [2.75, 3.05) is 11.4 Å². The van der Waals surface area contributed by atoms with Crippen LogP contribution >= 0.6 is 0 Å². The van der Waals surface area contributed by atoms with Gasteiger partial charge in [0.05, 0.1) is 6.10 Å². The zero-order valence-electron chi connectivity index (χ0n) is 11.2. The van der Waals surface area contributed by atoms with E-state index in [1.165, 1.54) is 6.07 Å². The minimum atomic E-state index is -0.839. The van der Waals surface area contributed by atoms with Gasteiger partial charge in [-0.2, -0.15) is 0 Å². The van der Waals surface area contributed by atoms with Gasteiger partial charge in [-0.15, -0.1) is 0 Å². The van der Waals surface area contributed by atoms with Gasteiger partial charge in [0, 0.05) is 23.5 Å². The zero-order valence-corrected chi connectivity index (χ0v) is 11.2. The summed E-state index contributed by atoms with van der Waals surface area (Å²) < 4.78 is 13.9. The van der Waals surface area contributed by atoms with Crippen LogP contribution in [0.25, 0.3) is 0 Å². The van der Waals surface area contributed by atoms with E-state index in [-0.39, 0.29) is 5.82 Å². The van der Waals surface area contributed by atoms with Crippen LogP contribution in [0.3, 0.4) is 0 Å². The number of aliphatic hydroxyl groups excluding tert-OH is 1. The summed E-state index contributed by atoms with van der Waals surface area (Å²) in [5, 5.41) is 9.81. The number of rotatable bonds is 4. The molecule has 0 unspecified atom stereocenters. The van der Waals surface area contributed by atoms with Crippen molar-refractivity contribution in [1.82, 2.24) is 0 Å². The second-order valence-corrected chi connectivity index (χ2v) is 4.43. The fourth-order valence-electron chi connectivity index (χ4n) is 2.27. The number of hydrogen-bond donors (Lipinski definition) is 1. The minimum absolute atomic E-state index is 0.341. The predicted molar refractivity (Wildman–Crippen MR) is 76.2 cm³/mol. The van der Waals surface area contributed by atoms with Crippen molar-refractivity contribution in [2.24, 2.45) is 0 Å². The molecule has 0 heterocycles. The number of anilines is 2. The number of nitrogens with zero attached hydrogens (tertiary/aromatic N) is 1. The molecule has 0 saturated carbocycles. The molecule has 0 aliphatic carbocycles. The Bertz CT molecular complexity index is 540. The number of para-hydroxylation sites is 1. The van der Waals surface area contributed by atoms with Crippen LogP contribution in [0.1, 0.15) is 25.5 Å². The molecule has 19 heavy (non-hydrogen) atoms. The van der Waals surface area contributed by atoms with Crippen LogP contribution < -0.4 is 4.90 Å². The molecule has 1 N–H and O–H groups in total. The van der Waals surface area contributed by atoms with E-state index in [2.05, 4.69) is 0 Å².